The Labute approximate surface area is 188 Å². The third-order valence-electron chi connectivity index (χ3n) is 4.63. The van der Waals surface area contributed by atoms with Crippen LogP contribution in [0.1, 0.15) is 12.5 Å². The molecule has 8 nitrogen and oxygen atoms in total. The second kappa shape index (κ2) is 7.13. The summed E-state index contributed by atoms with van der Waals surface area (Å²) in [5.74, 6) is 0.207. The number of benzene rings is 1. The Morgan fingerprint density at radius 2 is 2.07 bits per heavy atom. The van der Waals surface area contributed by atoms with E-state index in [0.717, 1.165) is 5.56 Å². The fourth-order valence-electron chi connectivity index (χ4n) is 3.24. The van der Waals surface area contributed by atoms with Crippen LogP contribution >= 0.6 is 34.2 Å². The number of hydrogen-bond donors (Lipinski definition) is 2. The van der Waals surface area contributed by atoms with Crippen molar-refractivity contribution in [2.24, 2.45) is 0 Å². The third kappa shape index (κ3) is 3.25. The number of fused-ring (bicyclic) bond motifs is 2. The Kier molecular flexibility index (Phi) is 4.54. The summed E-state index contributed by atoms with van der Waals surface area (Å²) in [6.07, 6.45) is 4.55. The topological polar surface area (TPSA) is 96.7 Å². The first-order chi connectivity index (χ1) is 14.4. The standard InChI is InChI=1S/C19H13ClFIN8/c1-19(22,28-18-16-17(25-8-24-16)26-9-27-18)12-6-14-23-7-13(20)30(14)29-15(12)10-3-2-4-11(21)5-10/h2-9H,1H3,(H2,24,25,26,27,28)/t19-/m1/s1. The Morgan fingerprint density at radius 3 is 2.90 bits per heavy atom. The van der Waals surface area contributed by atoms with Gasteiger partial charge in [0.25, 0.3) is 0 Å². The molecule has 0 spiro atoms. The number of aromatic nitrogens is 7. The van der Waals surface area contributed by atoms with E-state index in [1.807, 2.05) is 13.0 Å². The molecule has 0 amide bonds. The van der Waals surface area contributed by atoms with Crippen LogP contribution in [0.4, 0.5) is 10.2 Å². The minimum atomic E-state index is -0.702. The summed E-state index contributed by atoms with van der Waals surface area (Å²) < 4.78 is 14.8. The lowest BCUT2D eigenvalue weighted by atomic mass is 10.0. The molecule has 1 atom stereocenters. The largest absolute Gasteiger partial charge is 0.350 e. The summed E-state index contributed by atoms with van der Waals surface area (Å²) in [5.41, 5.74) is 3.79. The van der Waals surface area contributed by atoms with Crippen LogP contribution in [0.3, 0.4) is 0 Å². The molecule has 0 radical (unpaired) electrons. The highest BCUT2D eigenvalue weighted by atomic mass is 127. The van der Waals surface area contributed by atoms with Crippen LogP contribution < -0.4 is 5.32 Å². The second-order valence-electron chi connectivity index (χ2n) is 6.72. The summed E-state index contributed by atoms with van der Waals surface area (Å²) in [6, 6.07) is 8.15. The molecule has 11 heteroatoms. The van der Waals surface area contributed by atoms with Crippen molar-refractivity contribution in [2.75, 3.05) is 5.32 Å². The average molecular weight is 535 g/mol. The smallest absolute Gasteiger partial charge is 0.162 e. The van der Waals surface area contributed by atoms with E-state index in [1.54, 1.807) is 18.5 Å². The predicted molar refractivity (Wildman–Crippen MR) is 120 cm³/mol. The number of hydrogen-bond acceptors (Lipinski definition) is 6. The summed E-state index contributed by atoms with van der Waals surface area (Å²) >= 11 is 8.49. The summed E-state index contributed by atoms with van der Waals surface area (Å²) in [4.78, 5) is 20.1. The quantitative estimate of drug-likeness (QED) is 0.199. The van der Waals surface area contributed by atoms with E-state index in [4.69, 9.17) is 11.6 Å². The normalized spacial score (nSPS) is 13.6. The van der Waals surface area contributed by atoms with E-state index in [1.165, 1.54) is 29.2 Å². The molecule has 150 valence electrons. The van der Waals surface area contributed by atoms with E-state index >= 15 is 0 Å². The number of H-pyrrole nitrogens is 1. The van der Waals surface area contributed by atoms with Crippen molar-refractivity contribution < 1.29 is 4.39 Å². The number of halogens is 3. The van der Waals surface area contributed by atoms with E-state index in [0.29, 0.717) is 39.0 Å². The summed E-state index contributed by atoms with van der Waals surface area (Å²) in [5, 5.41) is 8.44. The first-order valence-electron chi connectivity index (χ1n) is 8.84. The van der Waals surface area contributed by atoms with Crippen molar-refractivity contribution in [1.82, 2.24) is 34.5 Å². The molecule has 0 fully saturated rings. The van der Waals surface area contributed by atoms with Gasteiger partial charge in [-0.25, -0.2) is 28.8 Å². The number of alkyl halides is 1. The van der Waals surface area contributed by atoms with Crippen molar-refractivity contribution in [3.05, 3.63) is 65.7 Å². The average Bonchev–Trinajstić information content (AvgIpc) is 3.34. The Morgan fingerprint density at radius 1 is 1.20 bits per heavy atom. The van der Waals surface area contributed by atoms with Crippen LogP contribution in [0, 0.1) is 5.82 Å². The van der Waals surface area contributed by atoms with Gasteiger partial charge in [-0.05, 0) is 47.7 Å². The number of imidazole rings is 2. The van der Waals surface area contributed by atoms with Crippen LogP contribution in [0.15, 0.2) is 49.2 Å². The van der Waals surface area contributed by atoms with E-state index in [9.17, 15) is 4.39 Å². The lowest BCUT2D eigenvalue weighted by Gasteiger charge is -2.27. The minimum absolute atomic E-state index is 0.353. The first kappa shape index (κ1) is 19.1. The highest BCUT2D eigenvalue weighted by Crippen LogP contribution is 2.39. The Balaban J connectivity index is 1.70. The maximum absolute atomic E-state index is 14.0. The van der Waals surface area contributed by atoms with Gasteiger partial charge in [0, 0.05) is 11.1 Å². The maximum atomic E-state index is 14.0. The van der Waals surface area contributed by atoms with Gasteiger partial charge in [-0.1, -0.05) is 23.7 Å². The Hall–Kier alpha value is -2.86. The molecule has 0 aliphatic rings. The number of nitrogens with one attached hydrogen (secondary N) is 2. The fraction of sp³-hybridized carbons (Fsp3) is 0.105. The van der Waals surface area contributed by atoms with Crippen LogP contribution in [-0.4, -0.2) is 34.5 Å². The lowest BCUT2D eigenvalue weighted by Crippen LogP contribution is -2.27. The molecule has 0 unspecified atom stereocenters. The molecule has 1 aromatic carbocycles. The highest BCUT2D eigenvalue weighted by Gasteiger charge is 2.30. The molecule has 0 saturated carbocycles. The SMILES string of the molecule is C[C@@](I)(Nc1ncnc2[nH]cnc12)c1cc2ncc(Cl)n2nc1-c1cccc(F)c1. The maximum Gasteiger partial charge on any atom is 0.162 e. The molecule has 5 rings (SSSR count). The van der Waals surface area contributed by atoms with Crippen molar-refractivity contribution in [1.29, 1.82) is 0 Å². The van der Waals surface area contributed by atoms with Crippen LogP contribution in [-0.2, 0) is 3.55 Å². The predicted octanol–water partition coefficient (Wildman–Crippen LogP) is 4.57. The van der Waals surface area contributed by atoms with Crippen LogP contribution in [0.5, 0.6) is 0 Å². The molecule has 2 N–H and O–H groups in total. The van der Waals surface area contributed by atoms with Crippen molar-refractivity contribution in [2.45, 2.75) is 10.5 Å². The van der Waals surface area contributed by atoms with Crippen molar-refractivity contribution >= 4 is 56.8 Å². The van der Waals surface area contributed by atoms with E-state index in [-0.39, 0.29) is 5.82 Å². The zero-order chi connectivity index (χ0) is 20.9. The van der Waals surface area contributed by atoms with Crippen LogP contribution in [0.2, 0.25) is 5.15 Å². The van der Waals surface area contributed by atoms with Crippen LogP contribution in [0.25, 0.3) is 28.1 Å². The highest BCUT2D eigenvalue weighted by molar-refractivity contribution is 14.1. The van der Waals surface area contributed by atoms with Gasteiger partial charge in [-0.3, -0.25) is 0 Å². The number of anilines is 1. The van der Waals surface area contributed by atoms with Gasteiger partial charge in [-0.2, -0.15) is 5.10 Å². The Bertz CT molecular complexity index is 1400. The first-order valence-corrected chi connectivity index (χ1v) is 10.3. The monoisotopic (exact) mass is 534 g/mol. The van der Waals surface area contributed by atoms with Gasteiger partial charge in [0.1, 0.15) is 21.2 Å². The molecule has 30 heavy (non-hydrogen) atoms. The van der Waals surface area contributed by atoms with Gasteiger partial charge in [0.05, 0.1) is 18.2 Å². The summed E-state index contributed by atoms with van der Waals surface area (Å²) in [6.45, 7) is 1.97. The molecule has 0 aliphatic carbocycles. The zero-order valence-corrected chi connectivity index (χ0v) is 18.3. The molecular weight excluding hydrogens is 522 g/mol. The number of rotatable bonds is 4. The third-order valence-corrected chi connectivity index (χ3v) is 5.73. The number of aromatic amines is 1. The second-order valence-corrected chi connectivity index (χ2v) is 9.26. The van der Waals surface area contributed by atoms with Gasteiger partial charge >= 0.3 is 0 Å². The fourth-order valence-corrected chi connectivity index (χ4v) is 4.08. The molecule has 4 heterocycles. The van der Waals surface area contributed by atoms with Gasteiger partial charge < -0.3 is 10.3 Å². The van der Waals surface area contributed by atoms with Gasteiger partial charge in [0.15, 0.2) is 22.3 Å². The van der Waals surface area contributed by atoms with E-state index in [2.05, 4.69) is 57.9 Å². The molecular formula is C19H13ClFIN8. The lowest BCUT2D eigenvalue weighted by molar-refractivity contribution is 0.628. The zero-order valence-electron chi connectivity index (χ0n) is 15.4. The molecule has 5 aromatic rings. The van der Waals surface area contributed by atoms with Gasteiger partial charge in [0.2, 0.25) is 0 Å². The van der Waals surface area contributed by atoms with Crippen molar-refractivity contribution in [3.63, 3.8) is 0 Å². The molecule has 0 bridgehead atoms. The minimum Gasteiger partial charge on any atom is -0.350 e. The molecule has 0 aliphatic heterocycles. The van der Waals surface area contributed by atoms with Crippen molar-refractivity contribution in [3.8, 4) is 11.3 Å². The summed E-state index contributed by atoms with van der Waals surface area (Å²) in [7, 11) is 0. The van der Waals surface area contributed by atoms with E-state index < -0.39 is 3.55 Å². The van der Waals surface area contributed by atoms with Gasteiger partial charge in [-0.15, -0.1) is 0 Å². The molecule has 0 saturated heterocycles. The molecule has 4 aromatic heterocycles. The number of nitrogens with zero attached hydrogens (tertiary/aromatic N) is 6.